The summed E-state index contributed by atoms with van der Waals surface area (Å²) in [6, 6.07) is 8.48. The molecule has 0 aromatic heterocycles. The molecule has 1 aromatic rings. The third-order valence-corrected chi connectivity index (χ3v) is 8.33. The Morgan fingerprint density at radius 1 is 1.12 bits per heavy atom. The average molecular weight is 444 g/mol. The molecular formula is C27H38FNO3. The fraction of sp³-hybridized carbons (Fsp3) is 0.667. The molecule has 1 aliphatic heterocycles. The van der Waals surface area contributed by atoms with Crippen molar-refractivity contribution in [3.63, 3.8) is 0 Å². The van der Waals surface area contributed by atoms with Crippen molar-refractivity contribution < 1.29 is 18.7 Å². The van der Waals surface area contributed by atoms with Crippen molar-refractivity contribution in [1.29, 1.82) is 0 Å². The highest BCUT2D eigenvalue weighted by atomic mass is 19.1. The van der Waals surface area contributed by atoms with Crippen molar-refractivity contribution >= 4 is 5.91 Å². The van der Waals surface area contributed by atoms with Crippen LogP contribution in [0.5, 0.6) is 5.75 Å². The van der Waals surface area contributed by atoms with E-state index in [9.17, 15) is 9.18 Å². The molecule has 1 atom stereocenters. The van der Waals surface area contributed by atoms with Gasteiger partial charge in [0.15, 0.2) is 0 Å². The summed E-state index contributed by atoms with van der Waals surface area (Å²) in [4.78, 5) is 13.3. The maximum Gasteiger partial charge on any atom is 0.226 e. The van der Waals surface area contributed by atoms with E-state index in [-0.39, 0.29) is 28.4 Å². The van der Waals surface area contributed by atoms with Crippen LogP contribution in [0.3, 0.4) is 0 Å². The molecule has 3 aliphatic carbocycles. The van der Waals surface area contributed by atoms with Crippen LogP contribution < -0.4 is 10.1 Å². The summed E-state index contributed by atoms with van der Waals surface area (Å²) in [5.41, 5.74) is 1.90. The molecule has 1 heterocycles. The van der Waals surface area contributed by atoms with Crippen molar-refractivity contribution in [2.45, 2.75) is 95.6 Å². The van der Waals surface area contributed by atoms with Crippen LogP contribution in [-0.4, -0.2) is 30.8 Å². The first-order valence-corrected chi connectivity index (χ1v) is 12.3. The second kappa shape index (κ2) is 9.17. The minimum atomic E-state index is -0.201. The molecule has 0 spiro atoms. The van der Waals surface area contributed by atoms with Crippen molar-refractivity contribution in [2.24, 2.45) is 5.41 Å². The molecule has 5 rings (SSSR count). The number of benzene rings is 1. The standard InChI is InChI=1S/C27H38FNO3/c1-4-20(17-28)18-31-23-7-5-21(6-8-23)26-11-14-27(15-12-26,16-13-26)24(30)29-22-9-10-25(2,3)32-19-22/h5-8,17,22H,4,9-16,18-19H2,1-3H3,(H,29,30)/b20-17+. The monoisotopic (exact) mass is 443 g/mol. The molecule has 4 aliphatic rings. The number of rotatable bonds is 7. The fourth-order valence-corrected chi connectivity index (χ4v) is 5.71. The maximum absolute atomic E-state index is 13.3. The predicted octanol–water partition coefficient (Wildman–Crippen LogP) is 5.99. The average Bonchev–Trinajstić information content (AvgIpc) is 2.82. The van der Waals surface area contributed by atoms with Crippen LogP contribution in [0.1, 0.15) is 84.1 Å². The summed E-state index contributed by atoms with van der Waals surface area (Å²) in [6.45, 7) is 7.07. The van der Waals surface area contributed by atoms with Gasteiger partial charge in [0.05, 0.1) is 24.6 Å². The molecular weight excluding hydrogens is 405 g/mol. The summed E-state index contributed by atoms with van der Waals surface area (Å²) in [7, 11) is 0. The first-order valence-electron chi connectivity index (χ1n) is 12.3. The van der Waals surface area contributed by atoms with E-state index in [4.69, 9.17) is 9.47 Å². The molecule has 5 heteroatoms. The smallest absolute Gasteiger partial charge is 0.226 e. The highest BCUT2D eigenvalue weighted by molar-refractivity contribution is 5.83. The molecule has 4 fully saturated rings. The van der Waals surface area contributed by atoms with Crippen LogP contribution in [-0.2, 0) is 14.9 Å². The molecule has 1 unspecified atom stereocenters. The molecule has 1 amide bonds. The molecule has 32 heavy (non-hydrogen) atoms. The van der Waals surface area contributed by atoms with E-state index in [0.717, 1.165) is 57.1 Å². The number of ether oxygens (including phenoxy) is 2. The first-order chi connectivity index (χ1) is 15.3. The van der Waals surface area contributed by atoms with E-state index >= 15 is 0 Å². The molecule has 2 bridgehead atoms. The zero-order valence-corrected chi connectivity index (χ0v) is 19.8. The Morgan fingerprint density at radius 3 is 2.31 bits per heavy atom. The van der Waals surface area contributed by atoms with Gasteiger partial charge < -0.3 is 14.8 Å². The van der Waals surface area contributed by atoms with Crippen molar-refractivity contribution in [2.75, 3.05) is 13.2 Å². The molecule has 4 nitrogen and oxygen atoms in total. The van der Waals surface area contributed by atoms with E-state index in [1.165, 1.54) is 5.56 Å². The lowest BCUT2D eigenvalue weighted by atomic mass is 9.51. The Bertz CT molecular complexity index is 810. The van der Waals surface area contributed by atoms with Crippen LogP contribution in [0.4, 0.5) is 4.39 Å². The maximum atomic E-state index is 13.3. The number of hydrogen-bond acceptors (Lipinski definition) is 3. The summed E-state index contributed by atoms with van der Waals surface area (Å²) in [5.74, 6) is 1.02. The fourth-order valence-electron chi connectivity index (χ4n) is 5.71. The molecule has 1 saturated heterocycles. The van der Waals surface area contributed by atoms with Gasteiger partial charge in [0.25, 0.3) is 0 Å². The van der Waals surface area contributed by atoms with E-state index in [2.05, 4.69) is 31.3 Å². The van der Waals surface area contributed by atoms with Crippen LogP contribution in [0, 0.1) is 5.41 Å². The zero-order valence-electron chi connectivity index (χ0n) is 19.8. The predicted molar refractivity (Wildman–Crippen MR) is 124 cm³/mol. The van der Waals surface area contributed by atoms with Gasteiger partial charge in [-0.25, -0.2) is 4.39 Å². The van der Waals surface area contributed by atoms with Gasteiger partial charge in [-0.15, -0.1) is 0 Å². The van der Waals surface area contributed by atoms with Crippen LogP contribution >= 0.6 is 0 Å². The van der Waals surface area contributed by atoms with Crippen LogP contribution in [0.25, 0.3) is 0 Å². The molecule has 3 saturated carbocycles. The Labute approximate surface area is 191 Å². The molecule has 1 aromatic carbocycles. The summed E-state index contributed by atoms with van der Waals surface area (Å²) >= 11 is 0. The summed E-state index contributed by atoms with van der Waals surface area (Å²) in [6.07, 6.45) is 9.30. The normalized spacial score (nSPS) is 31.9. The molecule has 176 valence electrons. The third kappa shape index (κ3) is 4.73. The first kappa shape index (κ1) is 23.3. The number of amides is 1. The number of carbonyl (C=O) groups excluding carboxylic acids is 1. The van der Waals surface area contributed by atoms with Gasteiger partial charge in [-0.1, -0.05) is 19.1 Å². The van der Waals surface area contributed by atoms with Crippen LogP contribution in [0.15, 0.2) is 36.2 Å². The van der Waals surface area contributed by atoms with Gasteiger partial charge in [-0.3, -0.25) is 4.79 Å². The second-order valence-corrected chi connectivity index (χ2v) is 10.8. The Morgan fingerprint density at radius 2 is 1.78 bits per heavy atom. The molecule has 1 N–H and O–H groups in total. The molecule has 0 radical (unpaired) electrons. The van der Waals surface area contributed by atoms with Gasteiger partial charge in [-0.2, -0.15) is 0 Å². The van der Waals surface area contributed by atoms with Crippen molar-refractivity contribution in [1.82, 2.24) is 5.32 Å². The summed E-state index contributed by atoms with van der Waals surface area (Å²) in [5, 5.41) is 3.32. The SMILES string of the molecule is CC/C(=C\F)COc1ccc(C23CCC(C(=O)NC4CCC(C)(C)OC4)(CC2)CC3)cc1. The quantitative estimate of drug-likeness (QED) is 0.563. The highest BCUT2D eigenvalue weighted by Crippen LogP contribution is 2.58. The van der Waals surface area contributed by atoms with E-state index < -0.39 is 0 Å². The zero-order chi connectivity index (χ0) is 22.8. The van der Waals surface area contributed by atoms with Gasteiger partial charge in [-0.05, 0) is 100 Å². The van der Waals surface area contributed by atoms with E-state index in [1.807, 2.05) is 19.1 Å². The van der Waals surface area contributed by atoms with Gasteiger partial charge in [0.1, 0.15) is 12.4 Å². The minimum Gasteiger partial charge on any atom is -0.489 e. The van der Waals surface area contributed by atoms with Crippen LogP contribution in [0.2, 0.25) is 0 Å². The number of nitrogens with one attached hydrogen (secondary N) is 1. The topological polar surface area (TPSA) is 47.6 Å². The lowest BCUT2D eigenvalue weighted by molar-refractivity contribution is -0.141. The van der Waals surface area contributed by atoms with Crippen molar-refractivity contribution in [3.05, 3.63) is 41.7 Å². The third-order valence-electron chi connectivity index (χ3n) is 8.33. The minimum absolute atomic E-state index is 0.0718. The lowest BCUT2D eigenvalue weighted by Crippen LogP contribution is -2.55. The second-order valence-electron chi connectivity index (χ2n) is 10.8. The van der Waals surface area contributed by atoms with Crippen molar-refractivity contribution in [3.8, 4) is 5.75 Å². The van der Waals surface area contributed by atoms with Gasteiger partial charge in [0.2, 0.25) is 5.91 Å². The number of hydrogen-bond donors (Lipinski definition) is 1. The number of fused-ring (bicyclic) bond motifs is 3. The van der Waals surface area contributed by atoms with Gasteiger partial charge in [0, 0.05) is 5.41 Å². The Kier molecular flexibility index (Phi) is 6.67. The number of halogens is 1. The summed E-state index contributed by atoms with van der Waals surface area (Å²) < 4.78 is 24.4. The largest absolute Gasteiger partial charge is 0.489 e. The number of carbonyl (C=O) groups is 1. The Balaban J connectivity index is 1.34. The van der Waals surface area contributed by atoms with Gasteiger partial charge >= 0.3 is 0 Å². The highest BCUT2D eigenvalue weighted by Gasteiger charge is 2.53. The van der Waals surface area contributed by atoms with E-state index in [1.54, 1.807) is 0 Å². The lowest BCUT2D eigenvalue weighted by Gasteiger charge is -2.53. The van der Waals surface area contributed by atoms with E-state index in [0.29, 0.717) is 31.5 Å². The Hall–Kier alpha value is -1.88.